The number of benzene rings is 1. The topological polar surface area (TPSA) is 92.1 Å². The number of allylic oxidation sites excluding steroid dienone is 5. The molecule has 6 nitrogen and oxygen atoms in total. The Balaban J connectivity index is 0.000000827. The third-order valence-electron chi connectivity index (χ3n) is 4.98. The van der Waals surface area contributed by atoms with Gasteiger partial charge in [0.15, 0.2) is 0 Å². The van der Waals surface area contributed by atoms with Crippen LogP contribution in [0.3, 0.4) is 0 Å². The average Bonchev–Trinajstić information content (AvgIpc) is 3.47. The zero-order valence-corrected chi connectivity index (χ0v) is 17.0. The predicted molar refractivity (Wildman–Crippen MR) is 122 cm³/mol. The molecule has 1 amide bonds. The SMILES string of the molecule is C=CNC.CN(C=N)C(=N)c1cccc(NC(=O)/C=C/CC23C=CC=CC2C3)c1.[HH]. The molecule has 1 saturated carbocycles. The van der Waals surface area contributed by atoms with Crippen LogP contribution in [0.1, 0.15) is 19.8 Å². The number of carbonyl (C=O) groups excluding carboxylic acids is 1. The van der Waals surface area contributed by atoms with Crippen LogP contribution in [-0.2, 0) is 4.79 Å². The molecule has 29 heavy (non-hydrogen) atoms. The van der Waals surface area contributed by atoms with Crippen molar-refractivity contribution >= 4 is 23.8 Å². The van der Waals surface area contributed by atoms with E-state index < -0.39 is 0 Å². The van der Waals surface area contributed by atoms with Gasteiger partial charge in [0.05, 0.1) is 6.34 Å². The number of rotatable bonds is 7. The lowest BCUT2D eigenvalue weighted by Crippen LogP contribution is -2.24. The van der Waals surface area contributed by atoms with Gasteiger partial charge in [-0.25, -0.2) is 0 Å². The fourth-order valence-corrected chi connectivity index (χ4v) is 3.13. The van der Waals surface area contributed by atoms with Gasteiger partial charge < -0.3 is 15.5 Å². The van der Waals surface area contributed by atoms with Crippen LogP contribution in [0.2, 0.25) is 0 Å². The van der Waals surface area contributed by atoms with Crippen molar-refractivity contribution in [1.82, 2.24) is 10.2 Å². The average molecular weight is 394 g/mol. The minimum atomic E-state index is -0.173. The van der Waals surface area contributed by atoms with E-state index in [-0.39, 0.29) is 18.6 Å². The highest BCUT2D eigenvalue weighted by Gasteiger charge is 2.49. The summed E-state index contributed by atoms with van der Waals surface area (Å²) in [5.41, 5.74) is 1.52. The maximum absolute atomic E-state index is 12.1. The molecule has 2 aliphatic rings. The number of carbonyl (C=O) groups is 1. The summed E-state index contributed by atoms with van der Waals surface area (Å²) < 4.78 is 0. The Morgan fingerprint density at radius 3 is 2.86 bits per heavy atom. The van der Waals surface area contributed by atoms with E-state index in [1.165, 1.54) is 4.90 Å². The van der Waals surface area contributed by atoms with Crippen molar-refractivity contribution in [3.8, 4) is 0 Å². The minimum Gasteiger partial charge on any atom is -0.394 e. The minimum absolute atomic E-state index is 0. The van der Waals surface area contributed by atoms with Gasteiger partial charge in [0.2, 0.25) is 5.91 Å². The lowest BCUT2D eigenvalue weighted by molar-refractivity contribution is -0.111. The summed E-state index contributed by atoms with van der Waals surface area (Å²) >= 11 is 0. The highest BCUT2D eigenvalue weighted by atomic mass is 16.1. The number of hydrogen-bond donors (Lipinski definition) is 4. The molecule has 0 heterocycles. The lowest BCUT2D eigenvalue weighted by atomic mass is 9.95. The van der Waals surface area contributed by atoms with Crippen molar-refractivity contribution in [3.05, 3.63) is 79.1 Å². The van der Waals surface area contributed by atoms with Crippen LogP contribution in [0.25, 0.3) is 0 Å². The molecule has 0 radical (unpaired) electrons. The lowest BCUT2D eigenvalue weighted by Gasteiger charge is -2.14. The van der Waals surface area contributed by atoms with Crippen molar-refractivity contribution in [2.75, 3.05) is 19.4 Å². The second kappa shape index (κ2) is 10.2. The highest BCUT2D eigenvalue weighted by molar-refractivity contribution is 6.04. The molecule has 2 aliphatic carbocycles. The smallest absolute Gasteiger partial charge is 0.248 e. The van der Waals surface area contributed by atoms with Crippen LogP contribution in [0.5, 0.6) is 0 Å². The number of fused-ring (bicyclic) bond motifs is 1. The molecule has 6 heteroatoms. The molecule has 154 valence electrons. The molecule has 1 aromatic rings. The Morgan fingerprint density at radius 2 is 2.21 bits per heavy atom. The van der Waals surface area contributed by atoms with Crippen molar-refractivity contribution in [2.45, 2.75) is 12.8 Å². The third-order valence-corrected chi connectivity index (χ3v) is 4.98. The first-order valence-electron chi connectivity index (χ1n) is 9.50. The van der Waals surface area contributed by atoms with E-state index in [0.29, 0.717) is 17.2 Å². The van der Waals surface area contributed by atoms with Crippen LogP contribution in [0.4, 0.5) is 5.69 Å². The van der Waals surface area contributed by atoms with Crippen LogP contribution < -0.4 is 10.6 Å². The second-order valence-corrected chi connectivity index (χ2v) is 7.05. The van der Waals surface area contributed by atoms with Crippen LogP contribution >= 0.6 is 0 Å². The number of nitrogens with one attached hydrogen (secondary N) is 4. The molecule has 0 spiro atoms. The first kappa shape index (κ1) is 21.9. The zero-order chi connectivity index (χ0) is 21.3. The van der Waals surface area contributed by atoms with Gasteiger partial charge in [-0.1, -0.05) is 49.1 Å². The number of amides is 1. The van der Waals surface area contributed by atoms with Crippen molar-refractivity contribution in [2.24, 2.45) is 11.3 Å². The molecule has 0 aromatic heterocycles. The summed E-state index contributed by atoms with van der Waals surface area (Å²) in [5.74, 6) is 0.657. The number of nitrogens with zero attached hydrogens (tertiary/aromatic N) is 1. The summed E-state index contributed by atoms with van der Waals surface area (Å²) in [6.45, 7) is 3.37. The van der Waals surface area contributed by atoms with Crippen molar-refractivity contribution in [1.29, 1.82) is 10.8 Å². The van der Waals surface area contributed by atoms with Gasteiger partial charge in [0, 0.05) is 26.8 Å². The number of amidine groups is 1. The Bertz CT molecular complexity index is 861. The fourth-order valence-electron chi connectivity index (χ4n) is 3.13. The van der Waals surface area contributed by atoms with Gasteiger partial charge in [-0.3, -0.25) is 15.6 Å². The molecule has 2 atom stereocenters. The van der Waals surface area contributed by atoms with E-state index >= 15 is 0 Å². The summed E-state index contributed by atoms with van der Waals surface area (Å²) in [4.78, 5) is 13.5. The molecule has 2 unspecified atom stereocenters. The van der Waals surface area contributed by atoms with Gasteiger partial charge in [0.25, 0.3) is 0 Å². The van der Waals surface area contributed by atoms with Gasteiger partial charge >= 0.3 is 0 Å². The molecule has 3 rings (SSSR count). The highest BCUT2D eigenvalue weighted by Crippen LogP contribution is 2.58. The quantitative estimate of drug-likeness (QED) is 0.318. The van der Waals surface area contributed by atoms with Gasteiger partial charge in [0.1, 0.15) is 5.84 Å². The van der Waals surface area contributed by atoms with Crippen molar-refractivity contribution in [3.63, 3.8) is 0 Å². The van der Waals surface area contributed by atoms with E-state index in [2.05, 4.69) is 41.5 Å². The van der Waals surface area contributed by atoms with Crippen LogP contribution in [0.15, 0.2) is 73.5 Å². The second-order valence-electron chi connectivity index (χ2n) is 7.05. The fraction of sp³-hybridized carbons (Fsp3) is 0.261. The first-order chi connectivity index (χ1) is 14.0. The van der Waals surface area contributed by atoms with Crippen LogP contribution in [0, 0.1) is 22.2 Å². The molecule has 0 aliphatic heterocycles. The molecule has 4 N–H and O–H groups in total. The standard InChI is InChI=1S/C20H22N4O.C3H7N.H2/c1-24(14-21)19(22)15-6-4-8-17(12-15)23-18(25)9-5-11-20-10-3-2-7-16(20)13-20;1-3-4-2;/h2-10,12,14,16,21-22H,11,13H2,1H3,(H,23,25);3-4H,1H2,2H3;1H/b9-5+,21-14?,22-19?;;. The third kappa shape index (κ3) is 6.04. The maximum Gasteiger partial charge on any atom is 0.248 e. The van der Waals surface area contributed by atoms with E-state index in [0.717, 1.165) is 19.2 Å². The molecule has 0 saturated heterocycles. The maximum atomic E-state index is 12.1. The van der Waals surface area contributed by atoms with Crippen LogP contribution in [-0.4, -0.2) is 37.1 Å². The number of hydrogen-bond acceptors (Lipinski definition) is 4. The van der Waals surface area contributed by atoms with E-state index in [1.807, 2.05) is 13.1 Å². The molecular formula is C23H31N5O. The Hall–Kier alpha value is -3.41. The summed E-state index contributed by atoms with van der Waals surface area (Å²) in [6, 6.07) is 7.09. The molecule has 1 fully saturated rings. The predicted octanol–water partition coefficient (Wildman–Crippen LogP) is 4.16. The summed E-state index contributed by atoms with van der Waals surface area (Å²) in [7, 11) is 3.45. The molecule has 1 aromatic carbocycles. The normalized spacial score (nSPS) is 20.7. The summed E-state index contributed by atoms with van der Waals surface area (Å²) in [6.07, 6.45) is 16.9. The van der Waals surface area contributed by atoms with Gasteiger partial charge in [-0.2, -0.15) is 0 Å². The largest absolute Gasteiger partial charge is 0.394 e. The molecule has 0 bridgehead atoms. The summed E-state index contributed by atoms with van der Waals surface area (Å²) in [5, 5.41) is 20.7. The van der Waals surface area contributed by atoms with Gasteiger partial charge in [-0.15, -0.1) is 0 Å². The van der Waals surface area contributed by atoms with Gasteiger partial charge in [-0.05, 0) is 48.6 Å². The molecular weight excluding hydrogens is 362 g/mol. The zero-order valence-electron chi connectivity index (χ0n) is 17.0. The Morgan fingerprint density at radius 1 is 1.45 bits per heavy atom. The van der Waals surface area contributed by atoms with E-state index in [9.17, 15) is 4.79 Å². The Labute approximate surface area is 174 Å². The van der Waals surface area contributed by atoms with E-state index in [1.54, 1.807) is 43.6 Å². The number of anilines is 1. The first-order valence-corrected chi connectivity index (χ1v) is 9.50. The monoisotopic (exact) mass is 393 g/mol. The van der Waals surface area contributed by atoms with Crippen molar-refractivity contribution < 1.29 is 6.22 Å². The Kier molecular flexibility index (Phi) is 7.71. The van der Waals surface area contributed by atoms with E-state index in [4.69, 9.17) is 10.8 Å².